The first-order valence-corrected chi connectivity index (χ1v) is 14.1. The van der Waals surface area contributed by atoms with E-state index in [1.165, 1.54) is 41.9 Å². The lowest BCUT2D eigenvalue weighted by atomic mass is 9.84. The Morgan fingerprint density at radius 2 is 1.35 bits per heavy atom. The van der Waals surface area contributed by atoms with Crippen LogP contribution in [0.1, 0.15) is 49.1 Å². The van der Waals surface area contributed by atoms with Crippen molar-refractivity contribution in [3.63, 3.8) is 0 Å². The molecule has 40 heavy (non-hydrogen) atoms. The van der Waals surface area contributed by atoms with E-state index in [4.69, 9.17) is 5.73 Å². The van der Waals surface area contributed by atoms with Crippen molar-refractivity contribution in [1.29, 1.82) is 0 Å². The number of amides is 1. The van der Waals surface area contributed by atoms with Gasteiger partial charge in [-0.1, -0.05) is 43.5 Å². The summed E-state index contributed by atoms with van der Waals surface area (Å²) in [4.78, 5) is 12.6. The molecule has 214 valence electrons. The molecule has 2 N–H and O–H groups in total. The average Bonchev–Trinajstić information content (AvgIpc) is 2.95. The number of rotatable bonds is 8. The third kappa shape index (κ3) is 5.97. The zero-order valence-corrected chi connectivity index (χ0v) is 22.5. The molecule has 4 rings (SSSR count). The first-order chi connectivity index (χ1) is 18.9. The maximum atomic E-state index is 14.3. The Kier molecular flexibility index (Phi) is 8.79. The predicted octanol–water partition coefficient (Wildman–Crippen LogP) is 5.87. The first-order valence-electron chi connectivity index (χ1n) is 12.6. The summed E-state index contributed by atoms with van der Waals surface area (Å²) >= 11 is 0. The lowest BCUT2D eigenvalue weighted by molar-refractivity contribution is -0.118. The van der Waals surface area contributed by atoms with Crippen LogP contribution in [-0.2, 0) is 21.4 Å². The Bertz CT molecular complexity index is 1460. The molecule has 1 saturated carbocycles. The SMILES string of the molecule is CN(CC(=O)N(Cc1ccc(C2CCCCC2)cc1)c1ccc(N)cc1)S(=O)(=O)c1c(F)c(F)c(F)c(F)c1F. The van der Waals surface area contributed by atoms with Gasteiger partial charge in [-0.15, -0.1) is 0 Å². The fourth-order valence-electron chi connectivity index (χ4n) is 4.82. The number of halogens is 5. The maximum Gasteiger partial charge on any atom is 0.249 e. The van der Waals surface area contributed by atoms with Crippen molar-refractivity contribution in [2.45, 2.75) is 49.5 Å². The van der Waals surface area contributed by atoms with Crippen molar-refractivity contribution in [1.82, 2.24) is 4.31 Å². The summed E-state index contributed by atoms with van der Waals surface area (Å²) in [6, 6.07) is 13.9. The van der Waals surface area contributed by atoms with Gasteiger partial charge in [0.15, 0.2) is 28.2 Å². The topological polar surface area (TPSA) is 83.7 Å². The number of hydrogen-bond acceptors (Lipinski definition) is 4. The lowest BCUT2D eigenvalue weighted by Crippen LogP contribution is -2.41. The van der Waals surface area contributed by atoms with E-state index in [9.17, 15) is 35.2 Å². The maximum absolute atomic E-state index is 14.3. The molecule has 1 amide bonds. The number of carbonyl (C=O) groups is 1. The Morgan fingerprint density at radius 1 is 0.825 bits per heavy atom. The van der Waals surface area contributed by atoms with Crippen LogP contribution in [0.15, 0.2) is 53.4 Å². The molecule has 0 spiro atoms. The molecule has 0 aliphatic heterocycles. The number of benzene rings is 3. The fourth-order valence-corrected chi connectivity index (χ4v) is 6.04. The molecule has 6 nitrogen and oxygen atoms in total. The minimum Gasteiger partial charge on any atom is -0.399 e. The van der Waals surface area contributed by atoms with Gasteiger partial charge in [-0.05, 0) is 54.2 Å². The van der Waals surface area contributed by atoms with E-state index in [0.717, 1.165) is 25.5 Å². The summed E-state index contributed by atoms with van der Waals surface area (Å²) in [7, 11) is -4.49. The second-order valence-electron chi connectivity index (χ2n) is 9.81. The van der Waals surface area contributed by atoms with Crippen molar-refractivity contribution >= 4 is 27.3 Å². The molecule has 12 heteroatoms. The minimum atomic E-state index is -5.30. The number of hydrogen-bond donors (Lipinski definition) is 1. The molecular formula is C28H28F5N3O3S. The van der Waals surface area contributed by atoms with E-state index < -0.39 is 56.5 Å². The molecule has 0 atom stereocenters. The number of nitrogen functional groups attached to an aromatic ring is 1. The monoisotopic (exact) mass is 581 g/mol. The quantitative estimate of drug-likeness (QED) is 0.156. The zero-order chi connectivity index (χ0) is 29.2. The van der Waals surface area contributed by atoms with Gasteiger partial charge >= 0.3 is 0 Å². The van der Waals surface area contributed by atoms with Crippen molar-refractivity contribution < 1.29 is 35.2 Å². The number of nitrogens with zero attached hydrogens (tertiary/aromatic N) is 2. The van der Waals surface area contributed by atoms with E-state index in [1.54, 1.807) is 12.1 Å². The smallest absolute Gasteiger partial charge is 0.249 e. The molecule has 3 aromatic carbocycles. The van der Waals surface area contributed by atoms with Crippen LogP contribution in [-0.4, -0.2) is 32.2 Å². The van der Waals surface area contributed by atoms with Gasteiger partial charge in [0.25, 0.3) is 0 Å². The first kappa shape index (κ1) is 29.5. The van der Waals surface area contributed by atoms with E-state index in [-0.39, 0.29) is 10.8 Å². The highest BCUT2D eigenvalue weighted by Crippen LogP contribution is 2.33. The summed E-state index contributed by atoms with van der Waals surface area (Å²) in [5, 5.41) is 0. The summed E-state index contributed by atoms with van der Waals surface area (Å²) < 4.78 is 95.4. The van der Waals surface area contributed by atoms with E-state index in [2.05, 4.69) is 0 Å². The van der Waals surface area contributed by atoms with Gasteiger partial charge in [-0.25, -0.2) is 30.4 Å². The van der Waals surface area contributed by atoms with Crippen LogP contribution in [0.4, 0.5) is 33.3 Å². The lowest BCUT2D eigenvalue weighted by Gasteiger charge is -2.26. The van der Waals surface area contributed by atoms with Gasteiger partial charge in [-0.3, -0.25) is 4.79 Å². The Hall–Kier alpha value is -3.51. The predicted molar refractivity (Wildman–Crippen MR) is 140 cm³/mol. The summed E-state index contributed by atoms with van der Waals surface area (Å²) in [6.07, 6.45) is 5.79. The summed E-state index contributed by atoms with van der Waals surface area (Å²) in [6.45, 7) is -0.934. The van der Waals surface area contributed by atoms with Crippen LogP contribution in [0.5, 0.6) is 0 Å². The Balaban J connectivity index is 1.60. The summed E-state index contributed by atoms with van der Waals surface area (Å²) in [5.41, 5.74) is 8.46. The minimum absolute atomic E-state index is 0.0180. The Labute approximate surface area is 229 Å². The van der Waals surface area contributed by atoms with Crippen LogP contribution in [0.3, 0.4) is 0 Å². The molecule has 0 radical (unpaired) electrons. The number of sulfonamides is 1. The molecule has 0 bridgehead atoms. The number of likely N-dealkylation sites (N-methyl/N-ethyl adjacent to an activating group) is 1. The standard InChI is InChI=1S/C28H28F5N3O3S/c1-35(40(38,39)28-26(32)24(30)23(29)25(31)27(28)33)16-22(37)36(21-13-11-20(34)12-14-21)15-17-7-9-19(10-8-17)18-5-3-2-4-6-18/h7-14,18H,2-6,15-16,34H2,1H3. The molecule has 0 unspecified atom stereocenters. The highest BCUT2D eigenvalue weighted by atomic mass is 32.2. The third-order valence-corrected chi connectivity index (χ3v) is 8.92. The van der Waals surface area contributed by atoms with Crippen molar-refractivity contribution in [3.05, 3.63) is 88.7 Å². The molecule has 1 fully saturated rings. The van der Waals surface area contributed by atoms with Crippen LogP contribution in [0, 0.1) is 29.1 Å². The fraction of sp³-hybridized carbons (Fsp3) is 0.321. The van der Waals surface area contributed by atoms with Gasteiger partial charge in [0.2, 0.25) is 21.7 Å². The van der Waals surface area contributed by atoms with Gasteiger partial charge in [0.05, 0.1) is 13.1 Å². The summed E-state index contributed by atoms with van der Waals surface area (Å²) in [5.74, 6) is -12.7. The van der Waals surface area contributed by atoms with Gasteiger partial charge in [0.1, 0.15) is 0 Å². The molecule has 1 aliphatic carbocycles. The van der Waals surface area contributed by atoms with Gasteiger partial charge in [0, 0.05) is 18.4 Å². The second-order valence-corrected chi connectivity index (χ2v) is 11.8. The van der Waals surface area contributed by atoms with E-state index in [0.29, 0.717) is 17.3 Å². The van der Waals surface area contributed by atoms with Crippen molar-refractivity contribution in [2.75, 3.05) is 24.2 Å². The van der Waals surface area contributed by atoms with E-state index >= 15 is 0 Å². The van der Waals surface area contributed by atoms with Gasteiger partial charge in [-0.2, -0.15) is 4.31 Å². The van der Waals surface area contributed by atoms with Crippen LogP contribution < -0.4 is 10.6 Å². The third-order valence-electron chi connectivity index (χ3n) is 7.10. The molecule has 1 aliphatic rings. The largest absolute Gasteiger partial charge is 0.399 e. The molecule has 0 heterocycles. The van der Waals surface area contributed by atoms with Crippen LogP contribution in [0.25, 0.3) is 0 Å². The van der Waals surface area contributed by atoms with Crippen molar-refractivity contribution in [2.24, 2.45) is 0 Å². The zero-order valence-electron chi connectivity index (χ0n) is 21.6. The van der Waals surface area contributed by atoms with E-state index in [1.807, 2.05) is 24.3 Å². The molecule has 0 saturated heterocycles. The highest BCUT2D eigenvalue weighted by Gasteiger charge is 2.37. The number of anilines is 2. The highest BCUT2D eigenvalue weighted by molar-refractivity contribution is 7.89. The molecule has 0 aromatic heterocycles. The van der Waals surface area contributed by atoms with Crippen LogP contribution in [0.2, 0.25) is 0 Å². The molecular weight excluding hydrogens is 553 g/mol. The Morgan fingerprint density at radius 3 is 1.90 bits per heavy atom. The normalized spacial score (nSPS) is 14.5. The second kappa shape index (κ2) is 11.9. The molecule has 3 aromatic rings. The van der Waals surface area contributed by atoms with Gasteiger partial charge < -0.3 is 10.6 Å². The van der Waals surface area contributed by atoms with Crippen LogP contribution >= 0.6 is 0 Å². The van der Waals surface area contributed by atoms with Crippen molar-refractivity contribution in [3.8, 4) is 0 Å². The average molecular weight is 582 g/mol. The number of carbonyl (C=O) groups excluding carboxylic acids is 1. The number of nitrogens with two attached hydrogens (primary N) is 1.